The summed E-state index contributed by atoms with van der Waals surface area (Å²) in [6.45, 7) is 0. The Balaban J connectivity index is 1.80. The minimum atomic E-state index is -2.03. The Labute approximate surface area is 135 Å². The molecule has 2 aromatic heterocycles. The number of aliphatic hydroxyl groups is 2. The van der Waals surface area contributed by atoms with Crippen LogP contribution in [-0.2, 0) is 9.59 Å². The topological polar surface area (TPSA) is 150 Å². The van der Waals surface area contributed by atoms with Gasteiger partial charge < -0.3 is 19.0 Å². The quantitative estimate of drug-likeness (QED) is 0.384. The van der Waals surface area contributed by atoms with Gasteiger partial charge in [-0.2, -0.15) is 10.2 Å². The molecular formula is C14H14N4O6. The molecule has 0 spiro atoms. The van der Waals surface area contributed by atoms with Gasteiger partial charge >= 0.3 is 0 Å². The van der Waals surface area contributed by atoms with E-state index in [1.165, 1.54) is 25.0 Å². The van der Waals surface area contributed by atoms with Crippen LogP contribution in [0.5, 0.6) is 0 Å². The van der Waals surface area contributed by atoms with E-state index in [1.54, 1.807) is 24.3 Å². The molecule has 0 aliphatic carbocycles. The highest BCUT2D eigenvalue weighted by molar-refractivity contribution is 5.91. The number of hydrogen-bond acceptors (Lipinski definition) is 8. The Kier molecular flexibility index (Phi) is 6.00. The van der Waals surface area contributed by atoms with Gasteiger partial charge in [0.25, 0.3) is 11.8 Å². The molecule has 2 amide bonds. The number of hydrazone groups is 2. The van der Waals surface area contributed by atoms with E-state index in [0.717, 1.165) is 0 Å². The molecule has 2 aromatic rings. The van der Waals surface area contributed by atoms with E-state index in [-0.39, 0.29) is 0 Å². The Hall–Kier alpha value is -3.24. The molecule has 4 N–H and O–H groups in total. The van der Waals surface area contributed by atoms with Crippen LogP contribution in [0.15, 0.2) is 55.8 Å². The fourth-order valence-electron chi connectivity index (χ4n) is 1.47. The lowest BCUT2D eigenvalue weighted by Crippen LogP contribution is -2.47. The number of aliphatic hydroxyl groups excluding tert-OH is 2. The minimum absolute atomic E-state index is 0.371. The number of hydrogen-bond donors (Lipinski definition) is 4. The van der Waals surface area contributed by atoms with Crippen molar-refractivity contribution in [3.05, 3.63) is 48.3 Å². The zero-order valence-electron chi connectivity index (χ0n) is 12.2. The number of furan rings is 2. The van der Waals surface area contributed by atoms with Crippen LogP contribution in [0.1, 0.15) is 11.5 Å². The number of nitrogens with one attached hydrogen (secondary N) is 2. The van der Waals surface area contributed by atoms with Gasteiger partial charge in [0.15, 0.2) is 12.2 Å². The van der Waals surface area contributed by atoms with Crippen molar-refractivity contribution in [1.29, 1.82) is 0 Å². The molecule has 0 fully saturated rings. The highest BCUT2D eigenvalue weighted by Gasteiger charge is 2.30. The van der Waals surface area contributed by atoms with Crippen molar-refractivity contribution in [2.24, 2.45) is 10.2 Å². The summed E-state index contributed by atoms with van der Waals surface area (Å²) in [4.78, 5) is 23.2. The summed E-state index contributed by atoms with van der Waals surface area (Å²) in [6.07, 6.45) is 1.13. The summed E-state index contributed by atoms with van der Waals surface area (Å²) in [5.74, 6) is -1.41. The van der Waals surface area contributed by atoms with Crippen LogP contribution < -0.4 is 10.9 Å². The summed E-state index contributed by atoms with van der Waals surface area (Å²) in [7, 11) is 0. The third-order valence-electron chi connectivity index (χ3n) is 2.66. The molecule has 10 heteroatoms. The van der Waals surface area contributed by atoms with E-state index in [4.69, 9.17) is 8.83 Å². The van der Waals surface area contributed by atoms with Gasteiger partial charge in [-0.15, -0.1) is 0 Å². The van der Waals surface area contributed by atoms with Gasteiger partial charge in [0.2, 0.25) is 0 Å². The molecular weight excluding hydrogens is 320 g/mol. The molecule has 0 aliphatic rings. The van der Waals surface area contributed by atoms with Gasteiger partial charge in [-0.3, -0.25) is 9.59 Å². The van der Waals surface area contributed by atoms with Crippen LogP contribution in [-0.4, -0.2) is 46.7 Å². The maximum absolute atomic E-state index is 11.6. The third-order valence-corrected chi connectivity index (χ3v) is 2.66. The predicted octanol–water partition coefficient (Wildman–Crippen LogP) is -0.805. The fraction of sp³-hybridized carbons (Fsp3) is 0.143. The molecule has 0 bridgehead atoms. The first-order chi connectivity index (χ1) is 11.6. The molecule has 0 unspecified atom stereocenters. The lowest BCUT2D eigenvalue weighted by Gasteiger charge is -2.14. The lowest BCUT2D eigenvalue weighted by molar-refractivity contribution is -0.146. The second kappa shape index (κ2) is 8.41. The molecule has 126 valence electrons. The number of rotatable bonds is 7. The van der Waals surface area contributed by atoms with Crippen molar-refractivity contribution < 1.29 is 28.6 Å². The standard InChI is InChI=1S/C14H14N4O6/c19-11(13(21)17-15-7-9-3-1-5-23-9)12(20)14(22)18-16-8-10-4-2-6-24-10/h1-8,11-12,19-20H,(H,17,21)(H,18,22)/b15-7-,16-8-/t11-,12+. The molecule has 2 heterocycles. The maximum Gasteiger partial charge on any atom is 0.272 e. The summed E-state index contributed by atoms with van der Waals surface area (Å²) in [6, 6.07) is 6.42. The fourth-order valence-corrected chi connectivity index (χ4v) is 1.47. The van der Waals surface area contributed by atoms with Crippen LogP contribution in [0.3, 0.4) is 0 Å². The van der Waals surface area contributed by atoms with Crippen molar-refractivity contribution in [2.45, 2.75) is 12.2 Å². The van der Waals surface area contributed by atoms with E-state index < -0.39 is 24.0 Å². The van der Waals surface area contributed by atoms with Gasteiger partial charge in [-0.1, -0.05) is 0 Å². The van der Waals surface area contributed by atoms with Gasteiger partial charge in [-0.25, -0.2) is 10.9 Å². The van der Waals surface area contributed by atoms with Crippen molar-refractivity contribution >= 4 is 24.2 Å². The van der Waals surface area contributed by atoms with Gasteiger partial charge in [0.05, 0.1) is 25.0 Å². The molecule has 0 saturated carbocycles. The minimum Gasteiger partial charge on any atom is -0.463 e. The smallest absolute Gasteiger partial charge is 0.272 e. The largest absolute Gasteiger partial charge is 0.463 e. The van der Waals surface area contributed by atoms with E-state index in [1.807, 2.05) is 10.9 Å². The van der Waals surface area contributed by atoms with E-state index in [2.05, 4.69) is 10.2 Å². The molecule has 10 nitrogen and oxygen atoms in total. The summed E-state index contributed by atoms with van der Waals surface area (Å²) in [5, 5.41) is 26.2. The first-order valence-corrected chi connectivity index (χ1v) is 6.67. The second-order valence-corrected chi connectivity index (χ2v) is 4.39. The summed E-state index contributed by atoms with van der Waals surface area (Å²) in [5.41, 5.74) is 3.92. The molecule has 0 radical (unpaired) electrons. The molecule has 0 aromatic carbocycles. The SMILES string of the molecule is O=C(N/N=C\c1ccco1)[C@@H](O)[C@@H](O)C(=O)N/N=C\c1ccco1. The lowest BCUT2D eigenvalue weighted by atomic mass is 10.2. The van der Waals surface area contributed by atoms with Crippen LogP contribution in [0.4, 0.5) is 0 Å². The molecule has 24 heavy (non-hydrogen) atoms. The van der Waals surface area contributed by atoms with Crippen LogP contribution in [0.25, 0.3) is 0 Å². The van der Waals surface area contributed by atoms with E-state index in [0.29, 0.717) is 11.5 Å². The Bertz CT molecular complexity index is 645. The molecule has 0 saturated heterocycles. The zero-order chi connectivity index (χ0) is 17.4. The Morgan fingerprint density at radius 3 is 1.67 bits per heavy atom. The zero-order valence-corrected chi connectivity index (χ0v) is 12.2. The predicted molar refractivity (Wildman–Crippen MR) is 80.9 cm³/mol. The van der Waals surface area contributed by atoms with Crippen molar-refractivity contribution in [2.75, 3.05) is 0 Å². The van der Waals surface area contributed by atoms with Crippen LogP contribution in [0.2, 0.25) is 0 Å². The van der Waals surface area contributed by atoms with Crippen molar-refractivity contribution in [1.82, 2.24) is 10.9 Å². The van der Waals surface area contributed by atoms with Crippen LogP contribution >= 0.6 is 0 Å². The van der Waals surface area contributed by atoms with Crippen molar-refractivity contribution in [3.8, 4) is 0 Å². The Morgan fingerprint density at radius 2 is 1.33 bits per heavy atom. The van der Waals surface area contributed by atoms with Crippen LogP contribution in [0, 0.1) is 0 Å². The molecule has 0 aliphatic heterocycles. The average molecular weight is 334 g/mol. The Morgan fingerprint density at radius 1 is 0.917 bits per heavy atom. The van der Waals surface area contributed by atoms with Gasteiger partial charge in [0.1, 0.15) is 11.5 Å². The van der Waals surface area contributed by atoms with Gasteiger partial charge in [0, 0.05) is 0 Å². The maximum atomic E-state index is 11.6. The molecule has 2 rings (SSSR count). The number of carbonyl (C=O) groups is 2. The number of amides is 2. The van der Waals surface area contributed by atoms with Crippen molar-refractivity contribution in [3.63, 3.8) is 0 Å². The number of nitrogens with zero attached hydrogens (tertiary/aromatic N) is 2. The monoisotopic (exact) mass is 334 g/mol. The second-order valence-electron chi connectivity index (χ2n) is 4.39. The third kappa shape index (κ3) is 4.90. The van der Waals surface area contributed by atoms with E-state index in [9.17, 15) is 19.8 Å². The highest BCUT2D eigenvalue weighted by atomic mass is 16.3. The van der Waals surface area contributed by atoms with E-state index >= 15 is 0 Å². The highest BCUT2D eigenvalue weighted by Crippen LogP contribution is 1.97. The summed E-state index contributed by atoms with van der Waals surface area (Å²) >= 11 is 0. The molecule has 2 atom stereocenters. The normalized spacial score (nSPS) is 13.9. The average Bonchev–Trinajstić information content (AvgIpc) is 3.26. The van der Waals surface area contributed by atoms with Gasteiger partial charge in [-0.05, 0) is 24.3 Å². The number of carbonyl (C=O) groups excluding carboxylic acids is 2. The first-order valence-electron chi connectivity index (χ1n) is 6.67. The first kappa shape index (κ1) is 17.1. The summed E-state index contributed by atoms with van der Waals surface area (Å²) < 4.78 is 9.87.